The van der Waals surface area contributed by atoms with Crippen molar-refractivity contribution < 1.29 is 42.2 Å². The van der Waals surface area contributed by atoms with Crippen LogP contribution in [0.2, 0.25) is 0 Å². The van der Waals surface area contributed by atoms with Gasteiger partial charge in [-0.15, -0.1) is 0 Å². The van der Waals surface area contributed by atoms with Crippen molar-refractivity contribution in [3.8, 4) is 5.75 Å². The van der Waals surface area contributed by atoms with Gasteiger partial charge in [-0.2, -0.15) is 11.8 Å². The highest BCUT2D eigenvalue weighted by Gasteiger charge is 2.71. The van der Waals surface area contributed by atoms with Crippen LogP contribution in [0.4, 0.5) is 8.78 Å². The predicted octanol–water partition coefficient (Wildman–Crippen LogP) is 3.71. The van der Waals surface area contributed by atoms with E-state index in [-0.39, 0.29) is 34.4 Å². The first-order chi connectivity index (χ1) is 19.0. The molecule has 40 heavy (non-hydrogen) atoms. The number of fused-ring (bicyclic) bond motifs is 3. The van der Waals surface area contributed by atoms with E-state index < -0.39 is 66.1 Å². The van der Waals surface area contributed by atoms with Crippen LogP contribution in [-0.4, -0.2) is 69.9 Å². The van der Waals surface area contributed by atoms with Gasteiger partial charge < -0.3 is 19.1 Å². The second kappa shape index (κ2) is 9.99. The lowest BCUT2D eigenvalue weighted by Crippen LogP contribution is -2.50. The lowest BCUT2D eigenvalue weighted by Gasteiger charge is -2.37. The fourth-order valence-electron chi connectivity index (χ4n) is 7.88. The van der Waals surface area contributed by atoms with Gasteiger partial charge in [-0.3, -0.25) is 19.2 Å². The molecule has 5 aliphatic rings. The molecule has 0 N–H and O–H groups in total. The third-order valence-electron chi connectivity index (χ3n) is 9.24. The summed E-state index contributed by atoms with van der Waals surface area (Å²) in [5.74, 6) is -8.34. The van der Waals surface area contributed by atoms with Crippen LogP contribution in [0.5, 0.6) is 5.75 Å². The summed E-state index contributed by atoms with van der Waals surface area (Å²) in [5.41, 5.74) is 0. The first kappa shape index (κ1) is 27.5. The Morgan fingerprint density at radius 2 is 1.65 bits per heavy atom. The highest BCUT2D eigenvalue weighted by molar-refractivity contribution is 8.01. The van der Waals surface area contributed by atoms with Crippen molar-refractivity contribution in [1.29, 1.82) is 0 Å². The molecular weight excluding hydrogens is 544 g/mol. The zero-order valence-corrected chi connectivity index (χ0v) is 23.4. The molecule has 0 radical (unpaired) electrons. The number of carbonyl (C=O) groups excluding carboxylic acids is 4. The van der Waals surface area contributed by atoms with Crippen LogP contribution in [-0.2, 0) is 28.7 Å². The molecule has 1 aromatic carbocycles. The minimum Gasteiger partial charge on any atom is -0.460 e. The van der Waals surface area contributed by atoms with Gasteiger partial charge in [0.15, 0.2) is 6.61 Å². The van der Waals surface area contributed by atoms with Gasteiger partial charge in [0.1, 0.15) is 11.9 Å². The maximum atomic E-state index is 13.8. The van der Waals surface area contributed by atoms with E-state index in [0.717, 1.165) is 0 Å². The number of thioether (sulfide) groups is 1. The van der Waals surface area contributed by atoms with Gasteiger partial charge in [0.25, 0.3) is 5.92 Å². The summed E-state index contributed by atoms with van der Waals surface area (Å²) in [6.45, 7) is 3.42. The maximum Gasteiger partial charge on any atom is 0.315 e. The molecule has 3 aliphatic heterocycles. The Hall–Kier alpha value is -2.69. The Balaban J connectivity index is 1.24. The topological polar surface area (TPSA) is 99.2 Å². The van der Waals surface area contributed by atoms with E-state index >= 15 is 0 Å². The number of benzene rings is 1. The summed E-state index contributed by atoms with van der Waals surface area (Å²) in [7, 11) is 0. The molecule has 4 bridgehead atoms. The van der Waals surface area contributed by atoms with Gasteiger partial charge in [-0.1, -0.05) is 18.2 Å². The molecule has 1 amide bonds. The van der Waals surface area contributed by atoms with Crippen molar-refractivity contribution in [3.63, 3.8) is 0 Å². The van der Waals surface area contributed by atoms with Crippen LogP contribution in [0, 0.1) is 35.5 Å². The number of hydrogen-bond donors (Lipinski definition) is 0. The van der Waals surface area contributed by atoms with Gasteiger partial charge in [0.05, 0.1) is 29.7 Å². The van der Waals surface area contributed by atoms with Crippen molar-refractivity contribution in [2.24, 2.45) is 35.5 Å². The molecule has 8 nitrogen and oxygen atoms in total. The van der Waals surface area contributed by atoms with E-state index in [1.807, 2.05) is 13.8 Å². The summed E-state index contributed by atoms with van der Waals surface area (Å²) in [4.78, 5) is 55.4. The third-order valence-corrected chi connectivity index (χ3v) is 11.0. The fraction of sp³-hybridized carbons (Fsp3) is 0.655. The molecule has 3 heterocycles. The van der Waals surface area contributed by atoms with Crippen LogP contribution >= 0.6 is 11.8 Å². The lowest BCUT2D eigenvalue weighted by atomic mass is 9.77. The molecule has 0 spiro atoms. The number of ether oxygens (including phenoxy) is 3. The Morgan fingerprint density at radius 1 is 1.00 bits per heavy atom. The molecule has 216 valence electrons. The largest absolute Gasteiger partial charge is 0.460 e. The number of alkyl halides is 2. The molecule has 3 saturated heterocycles. The fourth-order valence-corrected chi connectivity index (χ4v) is 9.77. The number of esters is 3. The second-order valence-electron chi connectivity index (χ2n) is 12.1. The van der Waals surface area contributed by atoms with Crippen LogP contribution in [0.1, 0.15) is 40.0 Å². The van der Waals surface area contributed by atoms with E-state index in [9.17, 15) is 28.0 Å². The highest BCUT2D eigenvalue weighted by Crippen LogP contribution is 2.61. The molecule has 0 aromatic heterocycles. The van der Waals surface area contributed by atoms with Gasteiger partial charge in [0, 0.05) is 29.4 Å². The van der Waals surface area contributed by atoms with Gasteiger partial charge in [-0.05, 0) is 51.2 Å². The summed E-state index contributed by atoms with van der Waals surface area (Å²) >= 11 is 1.51. The Morgan fingerprint density at radius 3 is 2.27 bits per heavy atom. The molecule has 1 aromatic rings. The van der Waals surface area contributed by atoms with Crippen molar-refractivity contribution in [1.82, 2.24) is 4.90 Å². The first-order valence-corrected chi connectivity index (χ1v) is 14.9. The van der Waals surface area contributed by atoms with Crippen molar-refractivity contribution in [3.05, 3.63) is 30.3 Å². The van der Waals surface area contributed by atoms with Gasteiger partial charge in [0.2, 0.25) is 5.91 Å². The summed E-state index contributed by atoms with van der Waals surface area (Å²) in [6, 6.07) is 8.13. The number of carbonyl (C=O) groups is 4. The molecule has 10 unspecified atom stereocenters. The van der Waals surface area contributed by atoms with E-state index in [0.29, 0.717) is 31.9 Å². The van der Waals surface area contributed by atoms with Crippen LogP contribution in [0.25, 0.3) is 0 Å². The van der Waals surface area contributed by atoms with Crippen LogP contribution < -0.4 is 4.74 Å². The molecule has 6 rings (SSSR count). The molecule has 2 aliphatic carbocycles. The molecule has 2 saturated carbocycles. The van der Waals surface area contributed by atoms with E-state index in [4.69, 9.17) is 14.2 Å². The summed E-state index contributed by atoms with van der Waals surface area (Å²) in [6.07, 6.45) is 1.24. The number of para-hydroxylation sites is 1. The number of hydrogen-bond acceptors (Lipinski definition) is 8. The Labute approximate surface area is 235 Å². The third kappa shape index (κ3) is 4.48. The summed E-state index contributed by atoms with van der Waals surface area (Å²) < 4.78 is 43.6. The first-order valence-electron chi connectivity index (χ1n) is 14.0. The zero-order chi connectivity index (χ0) is 28.5. The van der Waals surface area contributed by atoms with E-state index in [1.54, 1.807) is 35.2 Å². The minimum atomic E-state index is -3.17. The number of likely N-dealkylation sites (tertiary alicyclic amines) is 1. The van der Waals surface area contributed by atoms with Gasteiger partial charge >= 0.3 is 17.9 Å². The molecular formula is C29H33F2NO7S. The molecule has 11 heteroatoms. The number of rotatable bonds is 8. The van der Waals surface area contributed by atoms with Crippen molar-refractivity contribution in [2.75, 3.05) is 6.61 Å². The molecule has 10 atom stereocenters. The number of halogens is 2. The summed E-state index contributed by atoms with van der Waals surface area (Å²) in [5, 5.41) is -0.368. The minimum absolute atomic E-state index is 0.126. The van der Waals surface area contributed by atoms with E-state index in [1.165, 1.54) is 11.8 Å². The van der Waals surface area contributed by atoms with Crippen molar-refractivity contribution >= 4 is 35.6 Å². The second-order valence-corrected chi connectivity index (χ2v) is 13.6. The normalized spacial score (nSPS) is 37.4. The van der Waals surface area contributed by atoms with Crippen LogP contribution in [0.3, 0.4) is 0 Å². The van der Waals surface area contributed by atoms with Crippen LogP contribution in [0.15, 0.2) is 30.3 Å². The Kier molecular flexibility index (Phi) is 6.86. The smallest absolute Gasteiger partial charge is 0.315 e. The van der Waals surface area contributed by atoms with Gasteiger partial charge in [-0.25, -0.2) is 8.78 Å². The average molecular weight is 578 g/mol. The SMILES string of the molecule is CC(C)N1C(=O)C2C3CC(C(OC(=O)C4C5CCC(S5)C4C(=O)OCC(C)(F)F)C31)C2C(=O)Oc1ccccc1. The standard InChI is InChI=1S/C29H33F2NO7S/c1-13(2)32-23-15-11-16(20(19(15)25(32)33)27(35)38-14-7-5-4-6-8-14)24(23)39-28(36)22-18-10-9-17(40-18)21(22)26(34)37-12-29(3,30)31/h4-8,13,15-24H,9-12H2,1-3H3. The lowest BCUT2D eigenvalue weighted by molar-refractivity contribution is -0.173. The quantitative estimate of drug-likeness (QED) is 0.341. The average Bonchev–Trinajstić information content (AvgIpc) is 3.69. The van der Waals surface area contributed by atoms with E-state index in [2.05, 4.69) is 0 Å². The number of nitrogens with zero attached hydrogens (tertiary/aromatic N) is 1. The Bertz CT molecular complexity index is 1210. The zero-order valence-electron chi connectivity index (χ0n) is 22.5. The van der Waals surface area contributed by atoms with Crippen molar-refractivity contribution in [2.45, 2.75) is 74.6 Å². The molecule has 5 fully saturated rings. The highest BCUT2D eigenvalue weighted by atomic mass is 32.2. The number of amides is 1. The predicted molar refractivity (Wildman–Crippen MR) is 139 cm³/mol. The monoisotopic (exact) mass is 577 g/mol. The maximum absolute atomic E-state index is 13.8.